The molecule has 0 spiro atoms. The molecule has 0 fully saturated rings. The molecule has 2 N–H and O–H groups in total. The van der Waals surface area contributed by atoms with Gasteiger partial charge < -0.3 is 10.4 Å². The fourth-order valence-corrected chi connectivity index (χ4v) is 2.80. The highest BCUT2D eigenvalue weighted by molar-refractivity contribution is 6.30. The average Bonchev–Trinajstić information content (AvgIpc) is 2.58. The Morgan fingerprint density at radius 2 is 1.84 bits per heavy atom. The van der Waals surface area contributed by atoms with E-state index in [2.05, 4.69) is 5.32 Å². The number of halogens is 1. The van der Waals surface area contributed by atoms with Crippen molar-refractivity contribution in [2.45, 2.75) is 32.1 Å². The Morgan fingerprint density at radius 1 is 1.12 bits per heavy atom. The first-order valence-corrected chi connectivity index (χ1v) is 8.51. The number of carbonyl (C=O) groups excluding carboxylic acids is 1. The maximum Gasteiger partial charge on any atom is 0.335 e. The topological polar surface area (TPSA) is 66.4 Å². The molecule has 0 unspecified atom stereocenters. The van der Waals surface area contributed by atoms with Crippen LogP contribution in [0.25, 0.3) is 0 Å². The lowest BCUT2D eigenvalue weighted by Crippen LogP contribution is -2.36. The lowest BCUT2D eigenvalue weighted by atomic mass is 9.84. The van der Waals surface area contributed by atoms with Gasteiger partial charge in [0.1, 0.15) is 0 Å². The number of nitrogens with one attached hydrogen (secondary N) is 1. The molecule has 1 amide bonds. The summed E-state index contributed by atoms with van der Waals surface area (Å²) < 4.78 is 0. The van der Waals surface area contributed by atoms with Crippen LogP contribution in [0.3, 0.4) is 0 Å². The summed E-state index contributed by atoms with van der Waals surface area (Å²) in [6.07, 6.45) is 0.641. The molecule has 0 bridgehead atoms. The van der Waals surface area contributed by atoms with Crippen molar-refractivity contribution in [3.05, 3.63) is 70.2 Å². The number of benzene rings is 2. The zero-order valence-electron chi connectivity index (χ0n) is 14.4. The van der Waals surface area contributed by atoms with Crippen molar-refractivity contribution in [2.24, 2.45) is 0 Å². The molecule has 2 aromatic carbocycles. The molecule has 0 saturated carbocycles. The number of hydrogen-bond acceptors (Lipinski definition) is 2. The monoisotopic (exact) mass is 359 g/mol. The summed E-state index contributed by atoms with van der Waals surface area (Å²) >= 11 is 6.04. The molecule has 0 aliphatic rings. The molecule has 0 heterocycles. The van der Waals surface area contributed by atoms with Crippen molar-refractivity contribution in [1.82, 2.24) is 5.32 Å². The lowest BCUT2D eigenvalue weighted by Gasteiger charge is -2.26. The summed E-state index contributed by atoms with van der Waals surface area (Å²) in [5, 5.41) is 12.8. The molecule has 0 aliphatic heterocycles. The number of carboxylic acid groups (broad SMARTS) is 1. The minimum atomic E-state index is -0.974. The normalized spacial score (nSPS) is 11.2. The summed E-state index contributed by atoms with van der Waals surface area (Å²) in [4.78, 5) is 23.4. The minimum absolute atomic E-state index is 0.102. The number of rotatable bonds is 7. The molecule has 132 valence electrons. The van der Waals surface area contributed by atoms with E-state index in [1.54, 1.807) is 24.3 Å². The molecule has 25 heavy (non-hydrogen) atoms. The molecular formula is C20H22ClNO3. The largest absolute Gasteiger partial charge is 0.478 e. The van der Waals surface area contributed by atoms with Gasteiger partial charge in [-0.15, -0.1) is 0 Å². The van der Waals surface area contributed by atoms with Gasteiger partial charge in [-0.1, -0.05) is 55.8 Å². The van der Waals surface area contributed by atoms with Crippen LogP contribution in [0, 0.1) is 0 Å². The zero-order valence-corrected chi connectivity index (χ0v) is 15.1. The third-order valence-corrected chi connectivity index (χ3v) is 4.44. The molecular weight excluding hydrogens is 338 g/mol. The van der Waals surface area contributed by atoms with E-state index in [0.717, 1.165) is 5.56 Å². The van der Waals surface area contributed by atoms with Crippen molar-refractivity contribution in [3.8, 4) is 0 Å². The lowest BCUT2D eigenvalue weighted by molar-refractivity contribution is -0.121. The Hall–Kier alpha value is -2.33. The summed E-state index contributed by atoms with van der Waals surface area (Å²) in [6, 6.07) is 14.4. The highest BCUT2D eigenvalue weighted by Crippen LogP contribution is 2.24. The smallest absolute Gasteiger partial charge is 0.335 e. The molecule has 0 atom stereocenters. The molecule has 0 aliphatic carbocycles. The third kappa shape index (κ3) is 5.33. The summed E-state index contributed by atoms with van der Waals surface area (Å²) in [5.74, 6) is -1.08. The molecule has 2 aromatic rings. The Kier molecular flexibility index (Phi) is 6.21. The van der Waals surface area contributed by atoms with Crippen molar-refractivity contribution in [1.29, 1.82) is 0 Å². The molecule has 2 rings (SSSR count). The van der Waals surface area contributed by atoms with Gasteiger partial charge in [-0.2, -0.15) is 0 Å². The van der Waals surface area contributed by atoms with E-state index in [-0.39, 0.29) is 23.3 Å². The van der Waals surface area contributed by atoms with Crippen LogP contribution >= 0.6 is 11.6 Å². The van der Waals surface area contributed by atoms with Crippen LogP contribution in [0.5, 0.6) is 0 Å². The van der Waals surface area contributed by atoms with Crippen molar-refractivity contribution < 1.29 is 14.7 Å². The van der Waals surface area contributed by atoms with Gasteiger partial charge in [-0.05, 0) is 35.7 Å². The number of carbonyl (C=O) groups is 2. The SMILES string of the molecule is CC(C)(CNC(=O)CCc1ccccc1C(=O)O)c1cccc(Cl)c1. The number of aromatic carboxylic acids is 1. The second-order valence-electron chi connectivity index (χ2n) is 6.63. The standard InChI is InChI=1S/C20H22ClNO3/c1-20(2,15-7-5-8-16(21)12-15)13-22-18(23)11-10-14-6-3-4-9-17(14)19(24)25/h3-9,12H,10-11,13H2,1-2H3,(H,22,23)(H,24,25). The van der Waals surface area contributed by atoms with Gasteiger partial charge in [0.15, 0.2) is 0 Å². The van der Waals surface area contributed by atoms with Gasteiger partial charge >= 0.3 is 5.97 Å². The van der Waals surface area contributed by atoms with Crippen LogP contribution in [0.2, 0.25) is 5.02 Å². The Balaban J connectivity index is 1.92. The quantitative estimate of drug-likeness (QED) is 0.783. The van der Waals surface area contributed by atoms with E-state index in [1.807, 2.05) is 38.1 Å². The highest BCUT2D eigenvalue weighted by Gasteiger charge is 2.21. The van der Waals surface area contributed by atoms with E-state index in [1.165, 1.54) is 0 Å². The first-order valence-electron chi connectivity index (χ1n) is 8.13. The fraction of sp³-hybridized carbons (Fsp3) is 0.300. The maximum absolute atomic E-state index is 12.2. The molecule has 0 radical (unpaired) electrons. The van der Waals surface area contributed by atoms with Gasteiger partial charge in [0.25, 0.3) is 0 Å². The highest BCUT2D eigenvalue weighted by atomic mass is 35.5. The van der Waals surface area contributed by atoms with Crippen molar-refractivity contribution in [3.63, 3.8) is 0 Å². The molecule has 5 heteroatoms. The van der Waals surface area contributed by atoms with Gasteiger partial charge in [0.2, 0.25) is 5.91 Å². The fourth-order valence-electron chi connectivity index (χ4n) is 2.61. The predicted molar refractivity (Wildman–Crippen MR) is 99.2 cm³/mol. The van der Waals surface area contributed by atoms with E-state index < -0.39 is 5.97 Å². The van der Waals surface area contributed by atoms with Gasteiger partial charge in [-0.25, -0.2) is 4.79 Å². The summed E-state index contributed by atoms with van der Waals surface area (Å²) in [5.41, 5.74) is 1.71. The van der Waals surface area contributed by atoms with Crippen LogP contribution in [0.4, 0.5) is 0 Å². The van der Waals surface area contributed by atoms with Crippen molar-refractivity contribution >= 4 is 23.5 Å². The first-order chi connectivity index (χ1) is 11.8. The average molecular weight is 360 g/mol. The zero-order chi connectivity index (χ0) is 18.4. The van der Waals surface area contributed by atoms with E-state index in [0.29, 0.717) is 23.6 Å². The number of amides is 1. The van der Waals surface area contributed by atoms with Crippen LogP contribution in [-0.4, -0.2) is 23.5 Å². The molecule has 0 aromatic heterocycles. The summed E-state index contributed by atoms with van der Waals surface area (Å²) in [6.45, 7) is 4.56. The van der Waals surface area contributed by atoms with Gasteiger partial charge in [-0.3, -0.25) is 4.79 Å². The van der Waals surface area contributed by atoms with Gasteiger partial charge in [0, 0.05) is 23.4 Å². The van der Waals surface area contributed by atoms with E-state index in [9.17, 15) is 14.7 Å². The second kappa shape index (κ2) is 8.17. The summed E-state index contributed by atoms with van der Waals surface area (Å²) in [7, 11) is 0. The molecule has 4 nitrogen and oxygen atoms in total. The Morgan fingerprint density at radius 3 is 2.52 bits per heavy atom. The van der Waals surface area contributed by atoms with Crippen molar-refractivity contribution in [2.75, 3.05) is 6.54 Å². The number of hydrogen-bond donors (Lipinski definition) is 2. The molecule has 0 saturated heterocycles. The maximum atomic E-state index is 12.2. The Bertz CT molecular complexity index is 771. The van der Waals surface area contributed by atoms with Crippen LogP contribution in [0.15, 0.2) is 48.5 Å². The van der Waals surface area contributed by atoms with Gasteiger partial charge in [0.05, 0.1) is 5.56 Å². The second-order valence-corrected chi connectivity index (χ2v) is 7.07. The van der Waals surface area contributed by atoms with E-state index in [4.69, 9.17) is 11.6 Å². The Labute approximate surface area is 152 Å². The van der Waals surface area contributed by atoms with Crippen LogP contribution < -0.4 is 5.32 Å². The predicted octanol–water partition coefficient (Wildman–Crippen LogP) is 4.06. The van der Waals surface area contributed by atoms with Crippen LogP contribution in [0.1, 0.15) is 41.8 Å². The van der Waals surface area contributed by atoms with Crippen LogP contribution in [-0.2, 0) is 16.6 Å². The number of carboxylic acids is 1. The number of aryl methyl sites for hydroxylation is 1. The third-order valence-electron chi connectivity index (χ3n) is 4.20. The van der Waals surface area contributed by atoms with E-state index >= 15 is 0 Å². The minimum Gasteiger partial charge on any atom is -0.478 e. The first kappa shape index (κ1) is 19.0.